The van der Waals surface area contributed by atoms with Crippen LogP contribution in [0.25, 0.3) is 0 Å². The highest BCUT2D eigenvalue weighted by atomic mass is 19.3. The molecule has 0 aliphatic carbocycles. The normalized spacial score (nSPS) is 10.4. The Morgan fingerprint density at radius 3 is 1.93 bits per heavy atom. The van der Waals surface area contributed by atoms with Gasteiger partial charge in [-0.2, -0.15) is 8.78 Å². The number of ether oxygens (including phenoxy) is 5. The summed E-state index contributed by atoms with van der Waals surface area (Å²) in [5.41, 5.74) is -1.01. The van der Waals surface area contributed by atoms with Crippen molar-refractivity contribution in [3.05, 3.63) is 39.9 Å². The van der Waals surface area contributed by atoms with Gasteiger partial charge in [-0.3, -0.25) is 14.9 Å². The molecule has 0 aromatic heterocycles. The molecule has 0 bridgehead atoms. The van der Waals surface area contributed by atoms with Gasteiger partial charge in [0.2, 0.25) is 5.75 Å². The van der Waals surface area contributed by atoms with Gasteiger partial charge in [-0.05, 0) is 0 Å². The second kappa shape index (κ2) is 9.58. The molecule has 0 radical (unpaired) electrons. The Hall–Kier alpha value is -3.83. The van der Waals surface area contributed by atoms with Crippen LogP contribution in [0.15, 0.2) is 24.3 Å². The topological polar surface area (TPSA) is 118 Å². The van der Waals surface area contributed by atoms with E-state index in [1.54, 1.807) is 0 Å². The fourth-order valence-corrected chi connectivity index (χ4v) is 2.58. The lowest BCUT2D eigenvalue weighted by Crippen LogP contribution is -2.15. The Morgan fingerprint density at radius 2 is 1.50 bits per heavy atom. The molecule has 0 saturated heterocycles. The minimum Gasteiger partial charge on any atom is -0.493 e. The monoisotopic (exact) mass is 428 g/mol. The quantitative estimate of drug-likeness (QED) is 0.476. The molecule has 1 amide bonds. The molecule has 2 rings (SSSR count). The van der Waals surface area contributed by atoms with Gasteiger partial charge in [0.05, 0.1) is 39.4 Å². The first-order chi connectivity index (χ1) is 14.2. The first-order valence-electron chi connectivity index (χ1n) is 8.18. The number of amides is 1. The number of carbonyl (C=O) groups excluding carboxylic acids is 1. The third-order valence-electron chi connectivity index (χ3n) is 3.86. The summed E-state index contributed by atoms with van der Waals surface area (Å²) in [4.78, 5) is 23.2. The van der Waals surface area contributed by atoms with E-state index in [1.807, 2.05) is 0 Å². The third kappa shape index (κ3) is 4.77. The lowest BCUT2D eigenvalue weighted by Gasteiger charge is -2.15. The third-order valence-corrected chi connectivity index (χ3v) is 3.86. The highest BCUT2D eigenvalue weighted by molar-refractivity contribution is 6.07. The summed E-state index contributed by atoms with van der Waals surface area (Å²) >= 11 is 0. The number of anilines is 1. The zero-order chi connectivity index (χ0) is 22.4. The van der Waals surface area contributed by atoms with Crippen molar-refractivity contribution >= 4 is 17.3 Å². The van der Waals surface area contributed by atoms with Crippen LogP contribution in [0, 0.1) is 10.1 Å². The molecule has 0 heterocycles. The summed E-state index contributed by atoms with van der Waals surface area (Å²) in [7, 11) is 5.29. The molecule has 30 heavy (non-hydrogen) atoms. The predicted molar refractivity (Wildman–Crippen MR) is 100 cm³/mol. The molecular formula is C18H18F2N2O8. The Morgan fingerprint density at radius 1 is 0.933 bits per heavy atom. The minimum absolute atomic E-state index is 0.177. The maximum absolute atomic E-state index is 12.7. The maximum atomic E-state index is 12.7. The molecule has 10 nitrogen and oxygen atoms in total. The van der Waals surface area contributed by atoms with Crippen LogP contribution in [-0.4, -0.2) is 45.9 Å². The van der Waals surface area contributed by atoms with Crippen molar-refractivity contribution in [1.82, 2.24) is 0 Å². The lowest BCUT2D eigenvalue weighted by molar-refractivity contribution is -0.385. The van der Waals surface area contributed by atoms with E-state index in [2.05, 4.69) is 10.1 Å². The van der Waals surface area contributed by atoms with Crippen LogP contribution in [0.5, 0.6) is 28.7 Å². The van der Waals surface area contributed by atoms with E-state index in [0.717, 1.165) is 13.2 Å². The van der Waals surface area contributed by atoms with Gasteiger partial charge < -0.3 is 29.0 Å². The van der Waals surface area contributed by atoms with Gasteiger partial charge in [-0.25, -0.2) is 0 Å². The molecule has 0 saturated carbocycles. The number of hydrogen-bond donors (Lipinski definition) is 1. The molecule has 0 aliphatic rings. The van der Waals surface area contributed by atoms with Crippen molar-refractivity contribution in [2.75, 3.05) is 33.8 Å². The summed E-state index contributed by atoms with van der Waals surface area (Å²) in [5, 5.41) is 13.8. The molecular weight excluding hydrogens is 410 g/mol. The number of nitro groups is 1. The van der Waals surface area contributed by atoms with Crippen LogP contribution < -0.4 is 29.0 Å². The van der Waals surface area contributed by atoms with Crippen molar-refractivity contribution in [2.45, 2.75) is 6.61 Å². The molecule has 0 unspecified atom stereocenters. The average Bonchev–Trinajstić information content (AvgIpc) is 2.71. The molecule has 0 fully saturated rings. The van der Waals surface area contributed by atoms with Crippen molar-refractivity contribution < 1.29 is 42.2 Å². The summed E-state index contributed by atoms with van der Waals surface area (Å²) in [5.74, 6) is -1.02. The van der Waals surface area contributed by atoms with Gasteiger partial charge in [-0.1, -0.05) is 0 Å². The van der Waals surface area contributed by atoms with Crippen LogP contribution in [0.4, 0.5) is 20.2 Å². The highest BCUT2D eigenvalue weighted by Crippen LogP contribution is 2.41. The van der Waals surface area contributed by atoms with E-state index in [0.29, 0.717) is 6.07 Å². The molecule has 162 valence electrons. The van der Waals surface area contributed by atoms with Gasteiger partial charge in [0.15, 0.2) is 23.0 Å². The van der Waals surface area contributed by atoms with Crippen LogP contribution in [0.2, 0.25) is 0 Å². The number of nitro benzene ring substituents is 1. The first-order valence-corrected chi connectivity index (χ1v) is 8.18. The molecule has 1 N–H and O–H groups in total. The van der Waals surface area contributed by atoms with E-state index in [4.69, 9.17) is 18.9 Å². The summed E-state index contributed by atoms with van der Waals surface area (Å²) in [6, 6.07) is 4.45. The Kier molecular flexibility index (Phi) is 7.17. The van der Waals surface area contributed by atoms with Gasteiger partial charge in [0, 0.05) is 23.9 Å². The number of nitrogens with zero attached hydrogens (tertiary/aromatic N) is 1. The standard InChI is InChI=1S/C18H18F2N2O8/c1-26-12-7-10(11(22(24)25)8-13(12)30-18(19)20)17(23)21-9-5-14(27-2)16(29-4)15(6-9)28-3/h5-8,18H,1-4H3,(H,21,23). The number of carbonyl (C=O) groups is 1. The average molecular weight is 428 g/mol. The fraction of sp³-hybridized carbons (Fsp3) is 0.278. The predicted octanol–water partition coefficient (Wildman–Crippen LogP) is 3.48. The van der Waals surface area contributed by atoms with Crippen molar-refractivity contribution in [1.29, 1.82) is 0 Å². The summed E-state index contributed by atoms with van der Waals surface area (Å²) in [6.45, 7) is -3.24. The van der Waals surface area contributed by atoms with Crippen molar-refractivity contribution in [3.63, 3.8) is 0 Å². The van der Waals surface area contributed by atoms with Gasteiger partial charge in [0.25, 0.3) is 11.6 Å². The number of benzene rings is 2. The fourth-order valence-electron chi connectivity index (χ4n) is 2.58. The van der Waals surface area contributed by atoms with Crippen molar-refractivity contribution in [3.8, 4) is 28.7 Å². The summed E-state index contributed by atoms with van der Waals surface area (Å²) in [6.07, 6.45) is 0. The minimum atomic E-state index is -3.24. The Bertz CT molecular complexity index is 927. The molecule has 0 spiro atoms. The maximum Gasteiger partial charge on any atom is 0.387 e. The number of nitrogens with one attached hydrogen (secondary N) is 1. The molecule has 12 heteroatoms. The zero-order valence-corrected chi connectivity index (χ0v) is 16.4. The van der Waals surface area contributed by atoms with E-state index in [-0.39, 0.29) is 28.7 Å². The Balaban J connectivity index is 2.49. The molecule has 0 atom stereocenters. The van der Waals surface area contributed by atoms with Gasteiger partial charge in [-0.15, -0.1) is 0 Å². The number of halogens is 2. The lowest BCUT2D eigenvalue weighted by atomic mass is 10.1. The number of rotatable bonds is 9. The SMILES string of the molecule is COc1cc(C(=O)Nc2cc(OC)c(OC)c(OC)c2)c([N+](=O)[O-])cc1OC(F)F. The zero-order valence-electron chi connectivity index (χ0n) is 16.4. The van der Waals surface area contributed by atoms with E-state index in [1.165, 1.54) is 33.5 Å². The second-order valence-electron chi connectivity index (χ2n) is 5.52. The molecule has 2 aromatic rings. The van der Waals surface area contributed by atoms with Crippen LogP contribution in [-0.2, 0) is 0 Å². The van der Waals surface area contributed by atoms with Crippen LogP contribution in [0.1, 0.15) is 10.4 Å². The van der Waals surface area contributed by atoms with E-state index >= 15 is 0 Å². The molecule has 0 aliphatic heterocycles. The second-order valence-corrected chi connectivity index (χ2v) is 5.52. The Labute approximate surface area is 169 Å². The highest BCUT2D eigenvalue weighted by Gasteiger charge is 2.26. The number of methoxy groups -OCH3 is 4. The van der Waals surface area contributed by atoms with E-state index in [9.17, 15) is 23.7 Å². The largest absolute Gasteiger partial charge is 0.493 e. The van der Waals surface area contributed by atoms with Gasteiger partial charge >= 0.3 is 6.61 Å². The van der Waals surface area contributed by atoms with Crippen LogP contribution >= 0.6 is 0 Å². The van der Waals surface area contributed by atoms with Crippen LogP contribution in [0.3, 0.4) is 0 Å². The van der Waals surface area contributed by atoms with E-state index < -0.39 is 34.4 Å². The molecule has 2 aromatic carbocycles. The summed E-state index contributed by atoms with van der Waals surface area (Å²) < 4.78 is 49.8. The number of alkyl halides is 2. The smallest absolute Gasteiger partial charge is 0.387 e. The number of hydrogen-bond acceptors (Lipinski definition) is 8. The van der Waals surface area contributed by atoms with Gasteiger partial charge in [0.1, 0.15) is 5.56 Å². The van der Waals surface area contributed by atoms with Crippen molar-refractivity contribution in [2.24, 2.45) is 0 Å². The first kappa shape index (κ1) is 22.5.